The van der Waals surface area contributed by atoms with Crippen molar-refractivity contribution < 1.29 is 19.0 Å². The Bertz CT molecular complexity index is 810. The molecule has 1 amide bonds. The molecule has 1 aliphatic rings. The summed E-state index contributed by atoms with van der Waals surface area (Å²) in [7, 11) is 3.11. The van der Waals surface area contributed by atoms with Crippen LogP contribution in [0.2, 0.25) is 5.02 Å². The van der Waals surface area contributed by atoms with Gasteiger partial charge in [0.25, 0.3) is 5.91 Å². The number of carbonyl (C=O) groups excluding carboxylic acids is 1. The van der Waals surface area contributed by atoms with Crippen LogP contribution < -0.4 is 14.8 Å². The Balaban J connectivity index is 1.82. The number of amides is 1. The zero-order valence-electron chi connectivity index (χ0n) is 15.9. The summed E-state index contributed by atoms with van der Waals surface area (Å²) in [6.07, 6.45) is 1.67. The molecule has 1 fully saturated rings. The molecule has 0 spiro atoms. The summed E-state index contributed by atoms with van der Waals surface area (Å²) in [5.74, 6) is 0.912. The standard InChI is InChI=1S/C21H23BrClNO4/c1-26-17-11-14(12-18(27-2)19(17)22)20(25)24-13-21(7-9-28-10-8-21)15-3-5-16(23)6-4-15/h3-6,11-12H,7-10,13H2,1-2H3,(H,24,25). The number of nitrogens with one attached hydrogen (secondary N) is 1. The van der Waals surface area contributed by atoms with Gasteiger partial charge in [-0.25, -0.2) is 0 Å². The highest BCUT2D eigenvalue weighted by Gasteiger charge is 2.35. The topological polar surface area (TPSA) is 56.8 Å². The Morgan fingerprint density at radius 1 is 1.14 bits per heavy atom. The molecule has 0 radical (unpaired) electrons. The molecular formula is C21H23BrClNO4. The Hall–Kier alpha value is -1.76. The molecule has 2 aromatic rings. The first kappa shape index (κ1) is 21.0. The SMILES string of the molecule is COc1cc(C(=O)NCC2(c3ccc(Cl)cc3)CCOCC2)cc(OC)c1Br. The van der Waals surface area contributed by atoms with E-state index in [9.17, 15) is 4.79 Å². The van der Waals surface area contributed by atoms with E-state index in [1.54, 1.807) is 26.4 Å². The van der Waals surface area contributed by atoms with Crippen molar-refractivity contribution in [2.45, 2.75) is 18.3 Å². The molecule has 0 bridgehead atoms. The highest BCUT2D eigenvalue weighted by Crippen LogP contribution is 2.37. The van der Waals surface area contributed by atoms with Crippen LogP contribution in [0.25, 0.3) is 0 Å². The lowest BCUT2D eigenvalue weighted by Gasteiger charge is -2.38. The average molecular weight is 469 g/mol. The van der Waals surface area contributed by atoms with Gasteiger partial charge in [-0.05, 0) is 58.6 Å². The zero-order chi connectivity index (χ0) is 20.1. The summed E-state index contributed by atoms with van der Waals surface area (Å²) in [5.41, 5.74) is 1.46. The highest BCUT2D eigenvalue weighted by molar-refractivity contribution is 9.10. The predicted octanol–water partition coefficient (Wildman–Crippen LogP) is 4.60. The van der Waals surface area contributed by atoms with Crippen LogP contribution in [0.1, 0.15) is 28.8 Å². The van der Waals surface area contributed by atoms with Crippen molar-refractivity contribution in [3.63, 3.8) is 0 Å². The maximum atomic E-state index is 12.9. The fraction of sp³-hybridized carbons (Fsp3) is 0.381. The van der Waals surface area contributed by atoms with Gasteiger partial charge in [0.15, 0.2) is 0 Å². The van der Waals surface area contributed by atoms with Crippen LogP contribution in [-0.4, -0.2) is 39.9 Å². The molecule has 1 heterocycles. The second-order valence-electron chi connectivity index (χ2n) is 6.78. The minimum absolute atomic E-state index is 0.177. The smallest absolute Gasteiger partial charge is 0.251 e. The van der Waals surface area contributed by atoms with Crippen molar-refractivity contribution in [2.24, 2.45) is 0 Å². The Morgan fingerprint density at radius 2 is 1.71 bits per heavy atom. The quantitative estimate of drug-likeness (QED) is 0.673. The first-order valence-electron chi connectivity index (χ1n) is 9.02. The first-order chi connectivity index (χ1) is 13.5. The Morgan fingerprint density at radius 3 is 2.25 bits per heavy atom. The van der Waals surface area contributed by atoms with Crippen molar-refractivity contribution >= 4 is 33.4 Å². The van der Waals surface area contributed by atoms with Crippen molar-refractivity contribution in [1.29, 1.82) is 0 Å². The van der Waals surface area contributed by atoms with Crippen LogP contribution in [0.3, 0.4) is 0 Å². The molecule has 2 aromatic carbocycles. The second kappa shape index (κ2) is 9.16. The van der Waals surface area contributed by atoms with Crippen LogP contribution in [0.4, 0.5) is 0 Å². The highest BCUT2D eigenvalue weighted by atomic mass is 79.9. The van der Waals surface area contributed by atoms with Crippen LogP contribution in [0.15, 0.2) is 40.9 Å². The summed E-state index contributed by atoms with van der Waals surface area (Å²) in [5, 5.41) is 3.79. The van der Waals surface area contributed by atoms with Crippen molar-refractivity contribution in [3.8, 4) is 11.5 Å². The molecule has 0 aliphatic carbocycles. The van der Waals surface area contributed by atoms with Gasteiger partial charge in [-0.3, -0.25) is 4.79 Å². The number of methoxy groups -OCH3 is 2. The monoisotopic (exact) mass is 467 g/mol. The minimum atomic E-state index is -0.179. The number of benzene rings is 2. The third-order valence-electron chi connectivity index (χ3n) is 5.20. The number of rotatable bonds is 6. The van der Waals surface area contributed by atoms with Crippen LogP contribution in [0, 0.1) is 0 Å². The van der Waals surface area contributed by atoms with E-state index in [4.69, 9.17) is 25.8 Å². The summed E-state index contributed by atoms with van der Waals surface area (Å²) < 4.78 is 16.9. The van der Waals surface area contributed by atoms with Gasteiger partial charge in [-0.1, -0.05) is 23.7 Å². The van der Waals surface area contributed by atoms with Gasteiger partial charge in [-0.2, -0.15) is 0 Å². The molecule has 0 saturated carbocycles. The fourth-order valence-electron chi connectivity index (χ4n) is 3.49. The maximum absolute atomic E-state index is 12.9. The minimum Gasteiger partial charge on any atom is -0.495 e. The van der Waals surface area contributed by atoms with E-state index in [0.29, 0.717) is 46.3 Å². The number of hydrogen-bond donors (Lipinski definition) is 1. The maximum Gasteiger partial charge on any atom is 0.251 e. The summed E-state index contributed by atoms with van der Waals surface area (Å²) >= 11 is 9.48. The van der Waals surface area contributed by atoms with Crippen LogP contribution >= 0.6 is 27.5 Å². The molecule has 0 unspecified atom stereocenters. The van der Waals surface area contributed by atoms with Crippen LogP contribution in [-0.2, 0) is 10.2 Å². The molecule has 3 rings (SSSR count). The van der Waals surface area contributed by atoms with E-state index in [0.717, 1.165) is 18.4 Å². The lowest BCUT2D eigenvalue weighted by Crippen LogP contribution is -2.44. The first-order valence-corrected chi connectivity index (χ1v) is 10.2. The second-order valence-corrected chi connectivity index (χ2v) is 8.01. The molecule has 1 N–H and O–H groups in total. The average Bonchev–Trinajstić information content (AvgIpc) is 2.73. The van der Waals surface area contributed by atoms with Gasteiger partial charge in [0.2, 0.25) is 0 Å². The van der Waals surface area contributed by atoms with E-state index in [1.807, 2.05) is 24.3 Å². The van der Waals surface area contributed by atoms with Gasteiger partial charge >= 0.3 is 0 Å². The van der Waals surface area contributed by atoms with Gasteiger partial charge < -0.3 is 19.5 Å². The lowest BCUT2D eigenvalue weighted by molar-refractivity contribution is 0.0487. The van der Waals surface area contributed by atoms with Crippen molar-refractivity contribution in [3.05, 3.63) is 57.0 Å². The summed E-state index contributed by atoms with van der Waals surface area (Å²) in [6, 6.07) is 11.2. The predicted molar refractivity (Wildman–Crippen MR) is 113 cm³/mol. The summed E-state index contributed by atoms with van der Waals surface area (Å²) in [4.78, 5) is 12.9. The van der Waals surface area contributed by atoms with Gasteiger partial charge in [0, 0.05) is 35.8 Å². The van der Waals surface area contributed by atoms with E-state index in [2.05, 4.69) is 21.2 Å². The molecule has 1 aliphatic heterocycles. The number of carbonyl (C=O) groups is 1. The summed E-state index contributed by atoms with van der Waals surface area (Å²) in [6.45, 7) is 1.84. The Kier molecular flexibility index (Phi) is 6.86. The molecule has 28 heavy (non-hydrogen) atoms. The van der Waals surface area contributed by atoms with Gasteiger partial charge in [-0.15, -0.1) is 0 Å². The molecule has 0 atom stereocenters. The molecule has 0 aromatic heterocycles. The molecule has 1 saturated heterocycles. The van der Waals surface area contributed by atoms with Crippen molar-refractivity contribution in [2.75, 3.05) is 34.0 Å². The molecule has 7 heteroatoms. The third-order valence-corrected chi connectivity index (χ3v) is 6.24. The van der Waals surface area contributed by atoms with Gasteiger partial charge in [0.05, 0.1) is 14.2 Å². The zero-order valence-corrected chi connectivity index (χ0v) is 18.2. The molecule has 150 valence electrons. The number of ether oxygens (including phenoxy) is 3. The number of hydrogen-bond acceptors (Lipinski definition) is 4. The lowest BCUT2D eigenvalue weighted by atomic mass is 9.74. The van der Waals surface area contributed by atoms with E-state index in [-0.39, 0.29) is 11.3 Å². The fourth-order valence-corrected chi connectivity index (χ4v) is 4.16. The van der Waals surface area contributed by atoms with Gasteiger partial charge in [0.1, 0.15) is 16.0 Å². The van der Waals surface area contributed by atoms with E-state index in [1.165, 1.54) is 0 Å². The normalized spacial score (nSPS) is 15.7. The van der Waals surface area contributed by atoms with Crippen LogP contribution in [0.5, 0.6) is 11.5 Å². The molecule has 5 nitrogen and oxygen atoms in total. The third kappa shape index (κ3) is 4.45. The van der Waals surface area contributed by atoms with E-state index < -0.39 is 0 Å². The number of halogens is 2. The largest absolute Gasteiger partial charge is 0.495 e. The van der Waals surface area contributed by atoms with Crippen molar-refractivity contribution in [1.82, 2.24) is 5.32 Å². The Labute approximate surface area is 178 Å². The van der Waals surface area contributed by atoms with E-state index >= 15 is 0 Å². The molecular weight excluding hydrogens is 446 g/mol.